The highest BCUT2D eigenvalue weighted by Gasteiger charge is 2.11. The monoisotopic (exact) mass is 378 g/mol. The van der Waals surface area contributed by atoms with Crippen LogP contribution < -0.4 is 10.2 Å². The summed E-state index contributed by atoms with van der Waals surface area (Å²) in [5.41, 5.74) is 4.08. The van der Waals surface area contributed by atoms with Crippen LogP contribution >= 0.6 is 0 Å². The normalized spacial score (nSPS) is 14.1. The van der Waals surface area contributed by atoms with Crippen LogP contribution in [-0.4, -0.2) is 52.4 Å². The lowest BCUT2D eigenvalue weighted by molar-refractivity contribution is -0.120. The van der Waals surface area contributed by atoms with Gasteiger partial charge in [-0.15, -0.1) is 5.10 Å². The highest BCUT2D eigenvalue weighted by atomic mass is 16.5. The first-order valence-corrected chi connectivity index (χ1v) is 9.28. The average Bonchev–Trinajstić information content (AvgIpc) is 3.29. The number of morpholine rings is 1. The van der Waals surface area contributed by atoms with Gasteiger partial charge in [-0.25, -0.2) is 4.68 Å². The summed E-state index contributed by atoms with van der Waals surface area (Å²) in [5.74, 6) is -0.00701. The molecule has 144 valence electrons. The number of anilines is 1. The largest absolute Gasteiger partial charge is 0.378 e. The molecule has 1 fully saturated rings. The van der Waals surface area contributed by atoms with Gasteiger partial charge in [0, 0.05) is 25.3 Å². The molecule has 0 saturated carbocycles. The Morgan fingerprint density at radius 3 is 2.32 bits per heavy atom. The molecule has 1 aliphatic heterocycles. The smallest absolute Gasteiger partial charge is 0.224 e. The molecule has 1 saturated heterocycles. The number of rotatable bonds is 6. The number of tetrazole rings is 1. The minimum Gasteiger partial charge on any atom is -0.378 e. The van der Waals surface area contributed by atoms with Crippen molar-refractivity contribution in [1.29, 1.82) is 0 Å². The molecule has 0 atom stereocenters. The van der Waals surface area contributed by atoms with Gasteiger partial charge in [0.2, 0.25) is 5.91 Å². The molecule has 4 rings (SSSR count). The van der Waals surface area contributed by atoms with Crippen molar-refractivity contribution in [2.45, 2.75) is 13.0 Å². The average molecular weight is 378 g/mol. The third kappa shape index (κ3) is 4.52. The van der Waals surface area contributed by atoms with E-state index in [1.807, 2.05) is 24.3 Å². The summed E-state index contributed by atoms with van der Waals surface area (Å²) in [5, 5.41) is 14.1. The van der Waals surface area contributed by atoms with Crippen LogP contribution in [0.25, 0.3) is 5.69 Å². The number of carbonyl (C=O) groups excluding carboxylic acids is 1. The number of benzene rings is 2. The molecule has 2 heterocycles. The van der Waals surface area contributed by atoms with Crippen LogP contribution in [0.4, 0.5) is 5.69 Å². The molecule has 1 aromatic heterocycles. The van der Waals surface area contributed by atoms with Gasteiger partial charge in [0.15, 0.2) is 0 Å². The van der Waals surface area contributed by atoms with Crippen molar-refractivity contribution in [3.8, 4) is 5.69 Å². The van der Waals surface area contributed by atoms with Crippen LogP contribution in [0, 0.1) is 0 Å². The molecule has 2 aromatic carbocycles. The van der Waals surface area contributed by atoms with Crippen LogP contribution in [0.15, 0.2) is 54.9 Å². The second-order valence-corrected chi connectivity index (χ2v) is 6.64. The van der Waals surface area contributed by atoms with E-state index < -0.39 is 0 Å². The summed E-state index contributed by atoms with van der Waals surface area (Å²) in [4.78, 5) is 14.6. The standard InChI is InChI=1S/C20H22N6O2/c27-20(13-16-1-7-19(8-2-16)26-15-22-23-24-26)21-14-17-3-5-18(6-4-17)25-9-11-28-12-10-25/h1-8,15H,9-14H2,(H,21,27). The molecule has 0 aliphatic carbocycles. The van der Waals surface area contributed by atoms with Gasteiger partial charge in [0.25, 0.3) is 0 Å². The van der Waals surface area contributed by atoms with E-state index in [0.717, 1.165) is 43.1 Å². The van der Waals surface area contributed by atoms with Crippen LogP contribution in [0.1, 0.15) is 11.1 Å². The molecule has 1 N–H and O–H groups in total. The number of carbonyl (C=O) groups is 1. The Labute approximate surface area is 163 Å². The quantitative estimate of drug-likeness (QED) is 0.697. The molecular formula is C20H22N6O2. The van der Waals surface area contributed by atoms with Crippen LogP contribution in [0.3, 0.4) is 0 Å². The highest BCUT2D eigenvalue weighted by Crippen LogP contribution is 2.16. The van der Waals surface area contributed by atoms with Gasteiger partial charge in [0.05, 0.1) is 25.3 Å². The van der Waals surface area contributed by atoms with Gasteiger partial charge in [-0.1, -0.05) is 24.3 Å². The summed E-state index contributed by atoms with van der Waals surface area (Å²) >= 11 is 0. The van der Waals surface area contributed by atoms with E-state index in [4.69, 9.17) is 4.74 Å². The molecule has 0 bridgehead atoms. The first kappa shape index (κ1) is 18.1. The Bertz CT molecular complexity index is 887. The zero-order valence-corrected chi connectivity index (χ0v) is 15.5. The number of nitrogens with one attached hydrogen (secondary N) is 1. The molecule has 8 heteroatoms. The predicted octanol–water partition coefficient (Wildman–Crippen LogP) is 1.36. The van der Waals surface area contributed by atoms with Gasteiger partial charge in [0.1, 0.15) is 6.33 Å². The fraction of sp³-hybridized carbons (Fsp3) is 0.300. The zero-order chi connectivity index (χ0) is 19.2. The van der Waals surface area contributed by atoms with E-state index in [1.54, 1.807) is 4.68 Å². The van der Waals surface area contributed by atoms with Gasteiger partial charge < -0.3 is 15.0 Å². The molecule has 0 unspecified atom stereocenters. The lowest BCUT2D eigenvalue weighted by Gasteiger charge is -2.28. The Kier molecular flexibility index (Phi) is 5.58. The van der Waals surface area contributed by atoms with Crippen LogP contribution in [0.5, 0.6) is 0 Å². The van der Waals surface area contributed by atoms with Crippen molar-refractivity contribution in [3.05, 3.63) is 66.0 Å². The number of hydrogen-bond donors (Lipinski definition) is 1. The van der Waals surface area contributed by atoms with Gasteiger partial charge >= 0.3 is 0 Å². The Hall–Kier alpha value is -3.26. The Morgan fingerprint density at radius 2 is 1.64 bits per heavy atom. The first-order valence-electron chi connectivity index (χ1n) is 9.28. The Morgan fingerprint density at radius 1 is 0.964 bits per heavy atom. The SMILES string of the molecule is O=C(Cc1ccc(-n2cnnn2)cc1)NCc1ccc(N2CCOCC2)cc1. The maximum atomic E-state index is 12.2. The van der Waals surface area contributed by atoms with E-state index in [2.05, 4.69) is 50.0 Å². The van der Waals surface area contributed by atoms with E-state index in [-0.39, 0.29) is 5.91 Å². The number of aromatic nitrogens is 4. The summed E-state index contributed by atoms with van der Waals surface area (Å²) in [6.07, 6.45) is 1.87. The third-order valence-electron chi connectivity index (χ3n) is 4.72. The lowest BCUT2D eigenvalue weighted by Crippen LogP contribution is -2.36. The second-order valence-electron chi connectivity index (χ2n) is 6.64. The maximum absolute atomic E-state index is 12.2. The predicted molar refractivity (Wildman–Crippen MR) is 104 cm³/mol. The van der Waals surface area contributed by atoms with Crippen molar-refractivity contribution in [2.75, 3.05) is 31.2 Å². The summed E-state index contributed by atoms with van der Waals surface area (Å²) in [6.45, 7) is 3.90. The molecule has 3 aromatic rings. The number of hydrogen-bond acceptors (Lipinski definition) is 6. The molecule has 0 radical (unpaired) electrons. The maximum Gasteiger partial charge on any atom is 0.224 e. The van der Waals surface area contributed by atoms with Gasteiger partial charge in [-0.2, -0.15) is 0 Å². The summed E-state index contributed by atoms with van der Waals surface area (Å²) < 4.78 is 6.96. The second kappa shape index (κ2) is 8.62. The summed E-state index contributed by atoms with van der Waals surface area (Å²) in [7, 11) is 0. The molecule has 0 spiro atoms. The third-order valence-corrected chi connectivity index (χ3v) is 4.72. The molecule has 28 heavy (non-hydrogen) atoms. The van der Waals surface area contributed by atoms with Crippen molar-refractivity contribution in [1.82, 2.24) is 25.5 Å². The van der Waals surface area contributed by atoms with E-state index in [0.29, 0.717) is 13.0 Å². The topological polar surface area (TPSA) is 85.2 Å². The van der Waals surface area contributed by atoms with Crippen molar-refractivity contribution in [3.63, 3.8) is 0 Å². The van der Waals surface area contributed by atoms with E-state index >= 15 is 0 Å². The van der Waals surface area contributed by atoms with Gasteiger partial charge in [-0.05, 0) is 45.8 Å². The number of nitrogens with zero attached hydrogens (tertiary/aromatic N) is 5. The van der Waals surface area contributed by atoms with Crippen LogP contribution in [0.2, 0.25) is 0 Å². The molecule has 8 nitrogen and oxygen atoms in total. The van der Waals surface area contributed by atoms with Gasteiger partial charge in [-0.3, -0.25) is 4.79 Å². The fourth-order valence-corrected chi connectivity index (χ4v) is 3.14. The minimum atomic E-state index is -0.00701. The van der Waals surface area contributed by atoms with E-state index in [1.165, 1.54) is 12.0 Å². The number of ether oxygens (including phenoxy) is 1. The molecular weight excluding hydrogens is 356 g/mol. The van der Waals surface area contributed by atoms with Crippen molar-refractivity contribution in [2.24, 2.45) is 0 Å². The van der Waals surface area contributed by atoms with Crippen LogP contribution in [-0.2, 0) is 22.5 Å². The van der Waals surface area contributed by atoms with Crippen molar-refractivity contribution < 1.29 is 9.53 Å². The number of amides is 1. The van der Waals surface area contributed by atoms with Crippen molar-refractivity contribution >= 4 is 11.6 Å². The Balaban J connectivity index is 1.27. The molecule has 1 aliphatic rings. The highest BCUT2D eigenvalue weighted by molar-refractivity contribution is 5.78. The summed E-state index contributed by atoms with van der Waals surface area (Å²) in [6, 6.07) is 15.9. The molecule has 1 amide bonds. The first-order chi connectivity index (χ1) is 13.8. The van der Waals surface area contributed by atoms with E-state index in [9.17, 15) is 4.79 Å². The fourth-order valence-electron chi connectivity index (χ4n) is 3.14. The lowest BCUT2D eigenvalue weighted by atomic mass is 10.1. The minimum absolute atomic E-state index is 0.00701. The zero-order valence-electron chi connectivity index (χ0n) is 15.5.